The van der Waals surface area contributed by atoms with Crippen LogP contribution >= 0.6 is 11.3 Å². The minimum absolute atomic E-state index is 0.214. The Kier molecular flexibility index (Phi) is 6.99. The Morgan fingerprint density at radius 1 is 1.15 bits per heavy atom. The summed E-state index contributed by atoms with van der Waals surface area (Å²) in [6, 6.07) is 14.0. The zero-order valence-corrected chi connectivity index (χ0v) is 19.2. The van der Waals surface area contributed by atoms with Gasteiger partial charge in [0.1, 0.15) is 17.6 Å². The van der Waals surface area contributed by atoms with Gasteiger partial charge in [0.15, 0.2) is 0 Å². The maximum absolute atomic E-state index is 13.0. The second-order valence-electron chi connectivity index (χ2n) is 7.29. The third-order valence-corrected chi connectivity index (χ3v) is 6.05. The number of esters is 1. The van der Waals surface area contributed by atoms with Gasteiger partial charge < -0.3 is 29.4 Å². The first-order valence-corrected chi connectivity index (χ1v) is 11.4. The molecule has 0 radical (unpaired) electrons. The van der Waals surface area contributed by atoms with E-state index in [1.165, 1.54) is 6.26 Å². The van der Waals surface area contributed by atoms with Crippen molar-refractivity contribution in [3.63, 3.8) is 0 Å². The van der Waals surface area contributed by atoms with Gasteiger partial charge in [0, 0.05) is 10.6 Å². The molecule has 1 atom stereocenters. The number of methoxy groups -OCH3 is 1. The number of carbonyl (C=O) groups is 2. The highest BCUT2D eigenvalue weighted by molar-refractivity contribution is 7.09. The summed E-state index contributed by atoms with van der Waals surface area (Å²) in [4.78, 5) is 28.8. The number of carbonyl (C=O) groups excluding carboxylic acids is 2. The van der Waals surface area contributed by atoms with Crippen LogP contribution in [-0.4, -0.2) is 32.3 Å². The standard InChI is InChI=1S/C24H25N3O5S/c1-3-31-23(28)21-19(25-24(29)26-22(21)20-7-4-12-32-20)15-27(14-18-6-5-13-33-18)16-8-10-17(30-2)11-9-16/h4-13,22H,3,14-15H2,1-2H3,(H2,25,26,29). The van der Waals surface area contributed by atoms with Crippen molar-refractivity contribution < 1.29 is 23.5 Å². The van der Waals surface area contributed by atoms with E-state index in [0.29, 0.717) is 23.6 Å². The number of rotatable bonds is 9. The fraction of sp³-hybridized carbons (Fsp3) is 0.250. The van der Waals surface area contributed by atoms with E-state index in [-0.39, 0.29) is 13.2 Å². The monoisotopic (exact) mass is 467 g/mol. The number of anilines is 1. The summed E-state index contributed by atoms with van der Waals surface area (Å²) in [6.45, 7) is 2.84. The highest BCUT2D eigenvalue weighted by Crippen LogP contribution is 2.30. The van der Waals surface area contributed by atoms with Gasteiger partial charge >= 0.3 is 12.0 Å². The number of ether oxygens (including phenoxy) is 2. The number of hydrogen-bond donors (Lipinski definition) is 2. The predicted molar refractivity (Wildman–Crippen MR) is 125 cm³/mol. The number of nitrogens with zero attached hydrogens (tertiary/aromatic N) is 1. The fourth-order valence-electron chi connectivity index (χ4n) is 3.67. The molecule has 1 unspecified atom stereocenters. The van der Waals surface area contributed by atoms with Crippen molar-refractivity contribution in [1.82, 2.24) is 10.6 Å². The van der Waals surface area contributed by atoms with Crippen molar-refractivity contribution >= 4 is 29.0 Å². The molecule has 1 aliphatic rings. The van der Waals surface area contributed by atoms with Crippen molar-refractivity contribution in [2.45, 2.75) is 19.5 Å². The molecule has 33 heavy (non-hydrogen) atoms. The number of furan rings is 1. The van der Waals surface area contributed by atoms with E-state index >= 15 is 0 Å². The van der Waals surface area contributed by atoms with Gasteiger partial charge in [-0.2, -0.15) is 0 Å². The van der Waals surface area contributed by atoms with Crippen LogP contribution in [0.25, 0.3) is 0 Å². The Morgan fingerprint density at radius 2 is 1.97 bits per heavy atom. The Labute approximate surface area is 195 Å². The summed E-state index contributed by atoms with van der Waals surface area (Å²) >= 11 is 1.64. The lowest BCUT2D eigenvalue weighted by molar-refractivity contribution is -0.139. The maximum Gasteiger partial charge on any atom is 0.338 e. The Morgan fingerprint density at radius 3 is 2.61 bits per heavy atom. The van der Waals surface area contributed by atoms with Crippen LogP contribution in [0.1, 0.15) is 23.6 Å². The zero-order chi connectivity index (χ0) is 23.2. The summed E-state index contributed by atoms with van der Waals surface area (Å²) in [6.07, 6.45) is 1.51. The largest absolute Gasteiger partial charge is 0.497 e. The third-order valence-electron chi connectivity index (χ3n) is 5.19. The first-order valence-electron chi connectivity index (χ1n) is 10.5. The SMILES string of the molecule is CCOC(=O)C1=C(CN(Cc2cccs2)c2ccc(OC)cc2)NC(=O)NC1c1ccco1. The summed E-state index contributed by atoms with van der Waals surface area (Å²) < 4.78 is 16.1. The summed E-state index contributed by atoms with van der Waals surface area (Å²) in [5.41, 5.74) is 1.70. The van der Waals surface area contributed by atoms with Crippen molar-refractivity contribution in [1.29, 1.82) is 0 Å². The normalized spacial score (nSPS) is 15.6. The Bertz CT molecular complexity index is 1110. The zero-order valence-electron chi connectivity index (χ0n) is 18.4. The van der Waals surface area contributed by atoms with E-state index in [2.05, 4.69) is 21.6 Å². The number of urea groups is 1. The van der Waals surface area contributed by atoms with Gasteiger partial charge in [0.2, 0.25) is 0 Å². The lowest BCUT2D eigenvalue weighted by atomic mass is 9.99. The molecule has 0 saturated carbocycles. The lowest BCUT2D eigenvalue weighted by Crippen LogP contribution is -2.48. The Hall–Kier alpha value is -3.72. The van der Waals surface area contributed by atoms with Gasteiger partial charge in [0.05, 0.1) is 44.3 Å². The van der Waals surface area contributed by atoms with Gasteiger partial charge in [-0.1, -0.05) is 6.07 Å². The molecule has 0 aliphatic carbocycles. The molecule has 2 N–H and O–H groups in total. The van der Waals surface area contributed by atoms with Gasteiger partial charge in [-0.3, -0.25) is 0 Å². The lowest BCUT2D eigenvalue weighted by Gasteiger charge is -2.32. The third kappa shape index (κ3) is 5.20. The second-order valence-corrected chi connectivity index (χ2v) is 8.33. The fourth-order valence-corrected chi connectivity index (χ4v) is 4.39. The van der Waals surface area contributed by atoms with Gasteiger partial charge in [-0.25, -0.2) is 9.59 Å². The quantitative estimate of drug-likeness (QED) is 0.458. The smallest absolute Gasteiger partial charge is 0.338 e. The van der Waals surface area contributed by atoms with E-state index in [1.54, 1.807) is 37.5 Å². The number of hydrogen-bond acceptors (Lipinski definition) is 7. The molecule has 3 heterocycles. The first-order chi connectivity index (χ1) is 16.1. The van der Waals surface area contributed by atoms with Crippen LogP contribution in [0.15, 0.2) is 75.9 Å². The van der Waals surface area contributed by atoms with Crippen LogP contribution in [-0.2, 0) is 16.1 Å². The van der Waals surface area contributed by atoms with Crippen LogP contribution in [0.4, 0.5) is 10.5 Å². The molecule has 0 bridgehead atoms. The molecule has 9 heteroatoms. The molecule has 1 aromatic carbocycles. The van der Waals surface area contributed by atoms with Crippen molar-refractivity contribution in [3.05, 3.63) is 82.1 Å². The van der Waals surface area contributed by atoms with E-state index in [9.17, 15) is 9.59 Å². The highest BCUT2D eigenvalue weighted by atomic mass is 32.1. The van der Waals surface area contributed by atoms with Crippen molar-refractivity contribution in [2.75, 3.05) is 25.2 Å². The van der Waals surface area contributed by atoms with E-state index < -0.39 is 18.0 Å². The average Bonchev–Trinajstić information content (AvgIpc) is 3.53. The molecule has 1 aliphatic heterocycles. The van der Waals surface area contributed by atoms with Crippen LogP contribution < -0.4 is 20.3 Å². The molecule has 0 fully saturated rings. The van der Waals surface area contributed by atoms with Gasteiger partial charge in [0.25, 0.3) is 0 Å². The predicted octanol–water partition coefficient (Wildman–Crippen LogP) is 4.23. The molecule has 172 valence electrons. The average molecular weight is 468 g/mol. The van der Waals surface area contributed by atoms with Gasteiger partial charge in [-0.05, 0) is 54.8 Å². The molecule has 0 saturated heterocycles. The molecular formula is C24H25N3O5S. The minimum atomic E-state index is -0.748. The molecule has 4 rings (SSSR count). The Balaban J connectivity index is 1.74. The molecule has 2 amide bonds. The summed E-state index contributed by atoms with van der Waals surface area (Å²) in [5.74, 6) is 0.696. The first kappa shape index (κ1) is 22.5. The number of thiophene rings is 1. The van der Waals surface area contributed by atoms with Gasteiger partial charge in [-0.15, -0.1) is 11.3 Å². The van der Waals surface area contributed by atoms with E-state index in [0.717, 1.165) is 16.3 Å². The summed E-state index contributed by atoms with van der Waals surface area (Å²) in [7, 11) is 1.62. The molecule has 8 nitrogen and oxygen atoms in total. The van der Waals surface area contributed by atoms with Crippen molar-refractivity contribution in [2.24, 2.45) is 0 Å². The molecular weight excluding hydrogens is 442 g/mol. The molecule has 2 aromatic heterocycles. The van der Waals surface area contributed by atoms with E-state index in [1.807, 2.05) is 35.7 Å². The van der Waals surface area contributed by atoms with Crippen molar-refractivity contribution in [3.8, 4) is 5.75 Å². The number of benzene rings is 1. The van der Waals surface area contributed by atoms with Crippen LogP contribution in [0.5, 0.6) is 5.75 Å². The van der Waals surface area contributed by atoms with E-state index in [4.69, 9.17) is 13.9 Å². The minimum Gasteiger partial charge on any atom is -0.497 e. The molecule has 3 aromatic rings. The second kappa shape index (κ2) is 10.3. The summed E-state index contributed by atoms with van der Waals surface area (Å²) in [5, 5.41) is 7.62. The molecule has 0 spiro atoms. The topological polar surface area (TPSA) is 93.0 Å². The number of nitrogens with one attached hydrogen (secondary N) is 2. The van der Waals surface area contributed by atoms with Crippen LogP contribution in [0.2, 0.25) is 0 Å². The van der Waals surface area contributed by atoms with Crippen LogP contribution in [0.3, 0.4) is 0 Å². The van der Waals surface area contributed by atoms with Crippen LogP contribution in [0, 0.1) is 0 Å². The number of amides is 2. The maximum atomic E-state index is 13.0. The highest BCUT2D eigenvalue weighted by Gasteiger charge is 2.36.